The smallest absolute Gasteiger partial charge is 0.306 e. The maximum atomic E-state index is 12.4. The maximum absolute atomic E-state index is 12.4. The zero-order valence-corrected chi connectivity index (χ0v) is 18.0. The molecule has 1 fully saturated rings. The average Bonchev–Trinajstić information content (AvgIpc) is 3.16. The number of nitrogens with one attached hydrogen (secondary N) is 2. The van der Waals surface area contributed by atoms with Gasteiger partial charge in [-0.15, -0.1) is 0 Å². The lowest BCUT2D eigenvalue weighted by atomic mass is 10.0. The summed E-state index contributed by atoms with van der Waals surface area (Å²) >= 11 is 8.01. The van der Waals surface area contributed by atoms with E-state index in [0.29, 0.717) is 28.6 Å². The molecule has 0 unspecified atom stereocenters. The topological polar surface area (TPSA) is 62.2 Å². The zero-order chi connectivity index (χ0) is 19.9. The number of anilines is 2. The Labute approximate surface area is 176 Å². The summed E-state index contributed by atoms with van der Waals surface area (Å²) in [6.07, 6.45) is 7.19. The predicted molar refractivity (Wildman–Crippen MR) is 119 cm³/mol. The summed E-state index contributed by atoms with van der Waals surface area (Å²) in [6.45, 7) is 4.44. The van der Waals surface area contributed by atoms with Crippen molar-refractivity contribution < 1.29 is 4.79 Å². The van der Waals surface area contributed by atoms with E-state index in [1.807, 2.05) is 34.6 Å². The molecule has 8 heteroatoms. The number of carbonyl (C=O) groups excluding carboxylic acids is 1. The van der Waals surface area contributed by atoms with Gasteiger partial charge in [0.1, 0.15) is 5.82 Å². The van der Waals surface area contributed by atoms with Crippen LogP contribution in [0.3, 0.4) is 0 Å². The van der Waals surface area contributed by atoms with Crippen molar-refractivity contribution in [1.82, 2.24) is 14.7 Å². The molecule has 1 saturated heterocycles. The summed E-state index contributed by atoms with van der Waals surface area (Å²) in [6, 6.07) is 9.61. The monoisotopic (exact) mass is 421 g/mol. The molecule has 0 saturated carbocycles. The highest BCUT2D eigenvalue weighted by Crippen LogP contribution is 2.27. The van der Waals surface area contributed by atoms with Crippen LogP contribution in [-0.4, -0.2) is 51.9 Å². The van der Waals surface area contributed by atoms with Crippen molar-refractivity contribution in [2.45, 2.75) is 38.3 Å². The highest BCUT2D eigenvalue weighted by Gasteiger charge is 2.25. The van der Waals surface area contributed by atoms with E-state index in [4.69, 9.17) is 11.6 Å². The van der Waals surface area contributed by atoms with Gasteiger partial charge in [0, 0.05) is 25.2 Å². The predicted octanol–water partition coefficient (Wildman–Crippen LogP) is 4.96. The molecule has 152 valence electrons. The Kier molecular flexibility index (Phi) is 7.65. The van der Waals surface area contributed by atoms with Gasteiger partial charge in [-0.05, 0) is 50.3 Å². The van der Waals surface area contributed by atoms with Crippen LogP contribution in [0.2, 0.25) is 5.02 Å². The van der Waals surface area contributed by atoms with Crippen LogP contribution in [0.4, 0.5) is 16.3 Å². The number of carbonyl (C=O) groups is 1. The minimum atomic E-state index is -0.321. The van der Waals surface area contributed by atoms with Gasteiger partial charge < -0.3 is 10.2 Å². The highest BCUT2D eigenvalue weighted by molar-refractivity contribution is 7.98. The molecule has 2 amide bonds. The molecule has 0 radical (unpaired) electrons. The number of urea groups is 1. The van der Waals surface area contributed by atoms with E-state index in [-0.39, 0.29) is 6.03 Å². The first-order chi connectivity index (χ1) is 13.6. The Morgan fingerprint density at radius 1 is 1.29 bits per heavy atom. The molecule has 6 nitrogen and oxygen atoms in total. The molecule has 0 aliphatic carbocycles. The van der Waals surface area contributed by atoms with Crippen molar-refractivity contribution in [3.63, 3.8) is 0 Å². The van der Waals surface area contributed by atoms with Gasteiger partial charge in [0.25, 0.3) is 0 Å². The van der Waals surface area contributed by atoms with Crippen molar-refractivity contribution in [2.75, 3.05) is 35.7 Å². The van der Waals surface area contributed by atoms with E-state index >= 15 is 0 Å². The van der Waals surface area contributed by atoms with E-state index < -0.39 is 0 Å². The lowest BCUT2D eigenvalue weighted by Crippen LogP contribution is -2.41. The summed E-state index contributed by atoms with van der Waals surface area (Å²) < 4.78 is 1.94. The minimum absolute atomic E-state index is 0.301. The SMILES string of the molecule is CSCC[C@H](C)N1CCC(n2nccc2NC(=O)Nc2ccccc2Cl)CC1. The number of aromatic nitrogens is 2. The first-order valence-corrected chi connectivity index (χ1v) is 11.4. The number of likely N-dealkylation sites (tertiary alicyclic amines) is 1. The van der Waals surface area contributed by atoms with Crippen molar-refractivity contribution in [3.8, 4) is 0 Å². The molecule has 2 heterocycles. The molecule has 0 spiro atoms. The molecular weight excluding hydrogens is 394 g/mol. The lowest BCUT2D eigenvalue weighted by molar-refractivity contribution is 0.137. The number of hydrogen-bond acceptors (Lipinski definition) is 4. The summed E-state index contributed by atoms with van der Waals surface area (Å²) in [4.78, 5) is 14.9. The molecule has 0 bridgehead atoms. The van der Waals surface area contributed by atoms with Crippen molar-refractivity contribution in [2.24, 2.45) is 0 Å². The number of rotatable bonds is 7. The molecule has 28 heavy (non-hydrogen) atoms. The quantitative estimate of drug-likeness (QED) is 0.663. The molecule has 1 atom stereocenters. The van der Waals surface area contributed by atoms with Gasteiger partial charge in [-0.25, -0.2) is 9.48 Å². The van der Waals surface area contributed by atoms with Crippen LogP contribution in [0.15, 0.2) is 36.5 Å². The van der Waals surface area contributed by atoms with E-state index in [1.54, 1.807) is 18.3 Å². The summed E-state index contributed by atoms with van der Waals surface area (Å²) in [7, 11) is 0. The fraction of sp³-hybridized carbons (Fsp3) is 0.500. The van der Waals surface area contributed by atoms with Crippen LogP contribution in [0, 0.1) is 0 Å². The zero-order valence-electron chi connectivity index (χ0n) is 16.4. The minimum Gasteiger partial charge on any atom is -0.306 e. The molecule has 2 aromatic rings. The van der Waals surface area contributed by atoms with Gasteiger partial charge in [0.2, 0.25) is 0 Å². The third-order valence-electron chi connectivity index (χ3n) is 5.24. The van der Waals surface area contributed by atoms with Gasteiger partial charge in [-0.2, -0.15) is 16.9 Å². The van der Waals surface area contributed by atoms with Crippen LogP contribution in [0.1, 0.15) is 32.2 Å². The van der Waals surface area contributed by atoms with Gasteiger partial charge >= 0.3 is 6.03 Å². The second kappa shape index (κ2) is 10.2. The summed E-state index contributed by atoms with van der Waals surface area (Å²) in [5.74, 6) is 1.91. The van der Waals surface area contributed by atoms with E-state index in [9.17, 15) is 4.79 Å². The number of hydrogen-bond donors (Lipinski definition) is 2. The van der Waals surface area contributed by atoms with Gasteiger partial charge in [0.05, 0.1) is 22.9 Å². The molecule has 1 aliphatic rings. The standard InChI is InChI=1S/C20H28ClN5OS/c1-15(10-14-28-2)25-12-8-16(9-13-25)26-19(7-11-22-26)24-20(27)23-18-6-4-3-5-17(18)21/h3-7,11,15-16H,8-10,12-14H2,1-2H3,(H2,23,24,27)/t15-/m0/s1. The van der Waals surface area contributed by atoms with E-state index in [2.05, 4.69) is 33.8 Å². The maximum Gasteiger partial charge on any atom is 0.324 e. The van der Waals surface area contributed by atoms with Crippen LogP contribution < -0.4 is 10.6 Å². The second-order valence-corrected chi connectivity index (χ2v) is 8.51. The number of piperidine rings is 1. The fourth-order valence-electron chi connectivity index (χ4n) is 3.58. The Hall–Kier alpha value is -1.70. The number of benzene rings is 1. The van der Waals surface area contributed by atoms with Crippen LogP contribution in [0.5, 0.6) is 0 Å². The number of thioether (sulfide) groups is 1. The molecule has 1 aromatic heterocycles. The third-order valence-corrected chi connectivity index (χ3v) is 6.22. The van der Waals surface area contributed by atoms with Gasteiger partial charge in [-0.1, -0.05) is 23.7 Å². The van der Waals surface area contributed by atoms with Crippen molar-refractivity contribution >= 4 is 40.9 Å². The van der Waals surface area contributed by atoms with Crippen LogP contribution in [-0.2, 0) is 0 Å². The van der Waals surface area contributed by atoms with Crippen molar-refractivity contribution in [1.29, 1.82) is 0 Å². The first kappa shape index (κ1) is 21.0. The average molecular weight is 422 g/mol. The van der Waals surface area contributed by atoms with Gasteiger partial charge in [0.15, 0.2) is 0 Å². The Morgan fingerprint density at radius 3 is 2.75 bits per heavy atom. The molecule has 3 rings (SSSR count). The van der Waals surface area contributed by atoms with E-state index in [0.717, 1.165) is 25.9 Å². The Bertz CT molecular complexity index is 775. The van der Waals surface area contributed by atoms with Gasteiger partial charge in [-0.3, -0.25) is 5.32 Å². The lowest BCUT2D eigenvalue weighted by Gasteiger charge is -2.36. The fourth-order valence-corrected chi connectivity index (χ4v) is 4.34. The Morgan fingerprint density at radius 2 is 2.04 bits per heavy atom. The van der Waals surface area contributed by atoms with Crippen LogP contribution >= 0.6 is 23.4 Å². The number of amides is 2. The molecule has 1 aliphatic heterocycles. The summed E-state index contributed by atoms with van der Waals surface area (Å²) in [5, 5.41) is 10.7. The number of para-hydroxylation sites is 1. The summed E-state index contributed by atoms with van der Waals surface area (Å²) in [5.41, 5.74) is 0.584. The Balaban J connectivity index is 1.56. The normalized spacial score (nSPS) is 16.7. The highest BCUT2D eigenvalue weighted by atomic mass is 35.5. The van der Waals surface area contributed by atoms with Crippen LogP contribution in [0.25, 0.3) is 0 Å². The van der Waals surface area contributed by atoms with Crippen molar-refractivity contribution in [3.05, 3.63) is 41.6 Å². The molecule has 2 N–H and O–H groups in total. The molecule has 1 aromatic carbocycles. The number of halogens is 1. The first-order valence-electron chi connectivity index (χ1n) is 9.67. The molecular formula is C20H28ClN5OS. The number of nitrogens with zero attached hydrogens (tertiary/aromatic N) is 3. The van der Waals surface area contributed by atoms with E-state index in [1.165, 1.54) is 12.2 Å². The second-order valence-electron chi connectivity index (χ2n) is 7.12. The third kappa shape index (κ3) is 5.43. The largest absolute Gasteiger partial charge is 0.324 e.